The number of benzene rings is 12. The summed E-state index contributed by atoms with van der Waals surface area (Å²) >= 11 is 0. The van der Waals surface area contributed by atoms with Crippen LogP contribution in [0.1, 0.15) is 52.0 Å². The molecule has 0 saturated carbocycles. The van der Waals surface area contributed by atoms with Gasteiger partial charge in [0, 0.05) is 56.9 Å². The van der Waals surface area contributed by atoms with E-state index in [0.717, 1.165) is 54.1 Å². The molecule has 0 amide bonds. The number of nitrogens with zero attached hydrogens (tertiary/aromatic N) is 8. The maximum absolute atomic E-state index is 4.10. The molecule has 413 valence electrons. The zero-order chi connectivity index (χ0) is 56.6. The van der Waals surface area contributed by atoms with Crippen LogP contribution in [0.4, 0.5) is 0 Å². The quantitative estimate of drug-likeness (QED) is 0.0978. The fourth-order valence-electron chi connectivity index (χ4n) is 14.2. The summed E-state index contributed by atoms with van der Waals surface area (Å²) < 4.78 is 8.44. The smallest absolute Gasteiger partial charge is 0.267 e. The predicted octanol–water partition coefficient (Wildman–Crippen LogP) is 16.3. The van der Waals surface area contributed by atoms with Crippen LogP contribution < -0.4 is 14.2 Å². The van der Waals surface area contributed by atoms with E-state index in [0.29, 0.717) is 11.6 Å². The summed E-state index contributed by atoms with van der Waals surface area (Å²) in [6.07, 6.45) is 35.2. The van der Waals surface area contributed by atoms with Crippen molar-refractivity contribution < 1.29 is 29.2 Å². The first kappa shape index (κ1) is 51.0. The van der Waals surface area contributed by atoms with Gasteiger partial charge in [-0.3, -0.25) is 19.2 Å². The van der Waals surface area contributed by atoms with Crippen molar-refractivity contribution in [3.05, 3.63) is 283 Å². The SMILES string of the molecule is Cc1n[n-]c(-c2ccccn2)n1.[Ir].[c-]1cc2c3c4c(ccc3c1-n1[c-][n+](-c3ccc5ccc6cccc7ccc3c5c67)cc1)C=CCC4=CC2.[c-]1cc2c3c4c(ccc3c1-n1[c-][n+](-c3ccc5ccc6cccc7ccc3c5c67)cc1)C=CCC4=CC2. The van der Waals surface area contributed by atoms with Crippen LogP contribution in [-0.4, -0.2) is 24.2 Å². The molecule has 0 spiro atoms. The topological polar surface area (TPSA) is 70.4 Å². The predicted molar refractivity (Wildman–Crippen MR) is 346 cm³/mol. The Morgan fingerprint density at radius 3 is 1.41 bits per heavy atom. The number of aromatic nitrogens is 8. The molecule has 0 aliphatic heterocycles. The van der Waals surface area contributed by atoms with E-state index in [9.17, 15) is 0 Å². The van der Waals surface area contributed by atoms with Crippen LogP contribution in [0.25, 0.3) is 144 Å². The summed E-state index contributed by atoms with van der Waals surface area (Å²) in [6, 6.07) is 66.1. The van der Waals surface area contributed by atoms with Gasteiger partial charge in [-0.05, 0) is 159 Å². The van der Waals surface area contributed by atoms with E-state index < -0.39 is 0 Å². The summed E-state index contributed by atoms with van der Waals surface area (Å²) in [4.78, 5) is 8.19. The van der Waals surface area contributed by atoms with E-state index in [1.54, 1.807) is 13.1 Å². The average molecular weight is 1290 g/mol. The number of allylic oxidation sites excluding steroid dienone is 6. The van der Waals surface area contributed by atoms with Crippen molar-refractivity contribution in [2.75, 3.05) is 0 Å². The number of hydrogen-bond acceptors (Lipinski definition) is 3. The monoisotopic (exact) mass is 1290 g/mol. The number of pyridine rings is 1. The maximum atomic E-state index is 4.10. The zero-order valence-corrected chi connectivity index (χ0v) is 49.6. The molecule has 0 fully saturated rings. The first-order chi connectivity index (χ1) is 42.5. The standard InChI is InChI=1S/2C35H21N2.C8H7N4.Ir/c2*1-3-22-7-9-26-13-17-30(28-15-11-24(5-1)32(22)34(26)28)36-19-20-37(21-36)31-18-14-27-10-8-23-4-2-6-25-12-16-29(31)35(27)33(23)25;1-6-10-8(12-11-6)7-4-2-3-5-9-7;/h2*1-3,5-9,11-17,19-20H,4,10H2;2-5H,1H3;/q3*-1;. The second kappa shape index (κ2) is 20.1. The van der Waals surface area contributed by atoms with E-state index >= 15 is 0 Å². The van der Waals surface area contributed by atoms with Crippen LogP contribution >= 0.6 is 0 Å². The molecule has 0 saturated heterocycles. The van der Waals surface area contributed by atoms with Crippen molar-refractivity contribution in [2.45, 2.75) is 32.6 Å². The molecule has 0 unspecified atom stereocenters. The minimum Gasteiger partial charge on any atom is -0.421 e. The van der Waals surface area contributed by atoms with E-state index in [1.807, 2.05) is 18.2 Å². The van der Waals surface area contributed by atoms with Crippen LogP contribution in [0.3, 0.4) is 0 Å². The Morgan fingerprint density at radius 2 is 0.943 bits per heavy atom. The summed E-state index contributed by atoms with van der Waals surface area (Å²) in [6.45, 7) is 1.80. The normalized spacial score (nSPS) is 13.6. The van der Waals surface area contributed by atoms with Crippen molar-refractivity contribution >= 4 is 109 Å². The molecule has 4 aromatic heterocycles. The fraction of sp³-hybridized carbons (Fsp3) is 0.0641. The van der Waals surface area contributed by atoms with Gasteiger partial charge < -0.3 is 19.2 Å². The van der Waals surface area contributed by atoms with Crippen molar-refractivity contribution in [3.63, 3.8) is 0 Å². The zero-order valence-electron chi connectivity index (χ0n) is 47.2. The Hall–Kier alpha value is -10.4. The molecule has 16 aromatic rings. The van der Waals surface area contributed by atoms with Gasteiger partial charge in [0.15, 0.2) is 0 Å². The first-order valence-corrected chi connectivity index (χ1v) is 29.4. The second-order valence-electron chi connectivity index (χ2n) is 22.9. The fourth-order valence-corrected chi connectivity index (χ4v) is 14.2. The molecule has 20 rings (SSSR count). The Morgan fingerprint density at radius 1 is 0.471 bits per heavy atom. The van der Waals surface area contributed by atoms with Crippen LogP contribution in [0.5, 0.6) is 0 Å². The van der Waals surface area contributed by atoms with Gasteiger partial charge in [-0.1, -0.05) is 165 Å². The number of hydrogen-bond donors (Lipinski definition) is 0. The summed E-state index contributed by atoms with van der Waals surface area (Å²) in [5.41, 5.74) is 16.2. The van der Waals surface area contributed by atoms with E-state index in [4.69, 9.17) is 0 Å². The molecule has 0 bridgehead atoms. The number of aryl methyl sites for hydroxylation is 1. The van der Waals surface area contributed by atoms with Crippen LogP contribution in [-0.2, 0) is 32.9 Å². The minimum atomic E-state index is 0. The molecule has 0 atom stereocenters. The van der Waals surface area contributed by atoms with E-state index in [-0.39, 0.29) is 20.1 Å². The summed E-state index contributed by atoms with van der Waals surface area (Å²) in [5, 5.41) is 28.4. The molecule has 1 radical (unpaired) electrons. The Bertz CT molecular complexity index is 5280. The molecule has 12 aromatic carbocycles. The van der Waals surface area contributed by atoms with Gasteiger partial charge in [-0.25, -0.2) is 0 Å². The molecule has 4 aliphatic rings. The Labute approximate surface area is 514 Å². The van der Waals surface area contributed by atoms with Gasteiger partial charge in [0.2, 0.25) is 0 Å². The molecule has 0 N–H and O–H groups in total. The largest absolute Gasteiger partial charge is 0.421 e. The van der Waals surface area contributed by atoms with Gasteiger partial charge in [0.05, 0.1) is 17.1 Å². The average Bonchev–Trinajstić information content (AvgIpc) is 1.89. The summed E-state index contributed by atoms with van der Waals surface area (Å²) in [7, 11) is 0. The number of imidazole rings is 2. The Kier molecular flexibility index (Phi) is 11.8. The third kappa shape index (κ3) is 8.11. The van der Waals surface area contributed by atoms with Crippen LogP contribution in [0, 0.1) is 31.7 Å². The third-order valence-electron chi connectivity index (χ3n) is 18.1. The third-order valence-corrected chi connectivity index (χ3v) is 18.1. The van der Waals surface area contributed by atoms with Crippen molar-refractivity contribution in [2.24, 2.45) is 0 Å². The first-order valence-electron chi connectivity index (χ1n) is 29.4. The van der Waals surface area contributed by atoms with E-state index in [1.165, 1.54) is 131 Å². The van der Waals surface area contributed by atoms with Gasteiger partial charge in [0.25, 0.3) is 12.7 Å². The van der Waals surface area contributed by atoms with Crippen molar-refractivity contribution in [3.8, 4) is 34.3 Å². The molecule has 8 nitrogen and oxygen atoms in total. The molecular formula is C78H49IrN8-3. The Balaban J connectivity index is 0.000000113. The molecule has 4 aliphatic carbocycles. The van der Waals surface area contributed by atoms with Crippen molar-refractivity contribution in [1.29, 1.82) is 0 Å². The van der Waals surface area contributed by atoms with Gasteiger partial charge >= 0.3 is 0 Å². The molecule has 9 heteroatoms. The molecular weight excluding hydrogens is 1240 g/mol. The summed E-state index contributed by atoms with van der Waals surface area (Å²) in [5.74, 6) is 1.27. The second-order valence-corrected chi connectivity index (χ2v) is 22.9. The van der Waals surface area contributed by atoms with Crippen LogP contribution in [0.15, 0.2) is 219 Å². The molecule has 87 heavy (non-hydrogen) atoms. The number of rotatable bonds is 5. The van der Waals surface area contributed by atoms with Gasteiger partial charge in [0.1, 0.15) is 0 Å². The molecule has 4 heterocycles. The minimum absolute atomic E-state index is 0. The van der Waals surface area contributed by atoms with Crippen LogP contribution in [0.2, 0.25) is 0 Å². The van der Waals surface area contributed by atoms with Gasteiger partial charge in [-0.2, -0.15) is 24.3 Å². The maximum Gasteiger partial charge on any atom is 0.267 e. The van der Waals surface area contributed by atoms with Gasteiger partial charge in [-0.15, -0.1) is 44.8 Å². The van der Waals surface area contributed by atoms with Crippen molar-refractivity contribution in [1.82, 2.24) is 29.3 Å². The van der Waals surface area contributed by atoms with E-state index in [2.05, 4.69) is 270 Å².